The van der Waals surface area contributed by atoms with Gasteiger partial charge in [0.15, 0.2) is 22.8 Å². The van der Waals surface area contributed by atoms with Crippen LogP contribution in [0.1, 0.15) is 88.3 Å². The molecule has 302 valence electrons. The smallest absolute Gasteiger partial charge is 0.392 e. The molecular weight excluding hydrogens is 746 g/mol. The van der Waals surface area contributed by atoms with Crippen molar-refractivity contribution in [2.75, 3.05) is 38.0 Å². The van der Waals surface area contributed by atoms with Gasteiger partial charge in [0, 0.05) is 125 Å². The Hall–Kier alpha value is -5.77. The molecule has 1 aliphatic carbocycles. The predicted octanol–water partition coefficient (Wildman–Crippen LogP) is 10.7. The highest BCUT2D eigenvalue weighted by molar-refractivity contribution is 6.59. The van der Waals surface area contributed by atoms with Gasteiger partial charge in [0.25, 0.3) is 0 Å². The molecule has 4 aromatic rings. The molecule has 4 aliphatic heterocycles. The van der Waals surface area contributed by atoms with E-state index in [1.54, 1.807) is 24.3 Å². The van der Waals surface area contributed by atoms with Crippen molar-refractivity contribution in [1.82, 2.24) is 8.96 Å². The Morgan fingerprint density at radius 3 is 1.27 bits per heavy atom. The Labute approximate surface area is 344 Å². The van der Waals surface area contributed by atoms with Crippen LogP contribution in [-0.2, 0) is 5.41 Å². The van der Waals surface area contributed by atoms with Gasteiger partial charge in [0.1, 0.15) is 0 Å². The lowest BCUT2D eigenvalue weighted by Gasteiger charge is -2.37. The number of allylic oxidation sites excluding steroid dienone is 6. The van der Waals surface area contributed by atoms with Gasteiger partial charge >= 0.3 is 13.9 Å². The molecule has 5 aliphatic rings. The van der Waals surface area contributed by atoms with Crippen molar-refractivity contribution in [3.63, 3.8) is 0 Å². The SMILES string of the molecule is CCC1=C(C)C2=Cc3cc4c(n3[B-](F)(F)[N+]2=C1/C=C/c1ccc(N(C)C)cc1)C(C)(C)c1c-4cc2n1[B-](F)(F)[N+]1=C(/C=C/c3ccc(N(C)C)cc3)C(CC)=C(C)C1=C2. The van der Waals surface area contributed by atoms with E-state index in [2.05, 4.69) is 0 Å². The zero-order valence-electron chi connectivity index (χ0n) is 35.5. The largest absolute Gasteiger partial charge is 0.737 e. The molecule has 0 unspecified atom stereocenters. The lowest BCUT2D eigenvalue weighted by atomic mass is 9.81. The monoisotopic (exact) mass is 796 g/mol. The number of hydrogen-bond donors (Lipinski definition) is 0. The zero-order valence-corrected chi connectivity index (χ0v) is 35.5. The second-order valence-corrected chi connectivity index (χ2v) is 17.3. The average molecular weight is 797 g/mol. The number of rotatable bonds is 8. The molecule has 2 aromatic carbocycles. The van der Waals surface area contributed by atoms with Crippen LogP contribution < -0.4 is 9.80 Å². The van der Waals surface area contributed by atoms with Crippen LogP contribution in [0.15, 0.2) is 107 Å². The van der Waals surface area contributed by atoms with Crippen molar-refractivity contribution < 1.29 is 26.2 Å². The normalized spacial score (nSPS) is 19.4. The van der Waals surface area contributed by atoms with E-state index < -0.39 is 19.4 Å². The van der Waals surface area contributed by atoms with Crippen molar-refractivity contribution >= 4 is 61.0 Å². The van der Waals surface area contributed by atoms with Crippen LogP contribution in [0.25, 0.3) is 35.4 Å². The average Bonchev–Trinajstić information content (AvgIpc) is 3.96. The second-order valence-electron chi connectivity index (χ2n) is 17.3. The van der Waals surface area contributed by atoms with E-state index in [0.29, 0.717) is 69.6 Å². The molecule has 0 saturated carbocycles. The molecule has 0 amide bonds. The van der Waals surface area contributed by atoms with Gasteiger partial charge < -0.3 is 45.0 Å². The van der Waals surface area contributed by atoms with E-state index in [4.69, 9.17) is 0 Å². The standard InChI is InChI=1S/C47H50B2F4N6/c1-11-37-29(3)43-27-35-25-39-40-26-36-28-44-30(4)38(12-2)42(24-18-32-15-21-34(22-16-32)55(9)10)59(44)49(52,53)57(36)46(40)47(5,6)45(39)56(35)48(50,51)58(43)41(37)23-17-31-13-19-33(20-14-31)54(7)8/h13-28H,11-12H2,1-10H3/b23-17+,24-18+. The first-order valence-electron chi connectivity index (χ1n) is 20.6. The summed E-state index contributed by atoms with van der Waals surface area (Å²) in [5.74, 6) is 0. The Morgan fingerprint density at radius 2 is 0.949 bits per heavy atom. The van der Waals surface area contributed by atoms with E-state index in [1.807, 2.05) is 152 Å². The van der Waals surface area contributed by atoms with Crippen molar-refractivity contribution in [2.45, 2.75) is 59.8 Å². The third-order valence-corrected chi connectivity index (χ3v) is 13.1. The van der Waals surface area contributed by atoms with E-state index in [1.165, 1.54) is 8.97 Å². The van der Waals surface area contributed by atoms with E-state index in [0.717, 1.165) is 53.8 Å². The lowest BCUT2D eigenvalue weighted by molar-refractivity contribution is -0.362. The van der Waals surface area contributed by atoms with Gasteiger partial charge in [-0.25, -0.2) is 0 Å². The fourth-order valence-corrected chi connectivity index (χ4v) is 10.3. The molecule has 0 N–H and O–H groups in total. The molecule has 9 rings (SSSR count). The minimum absolute atomic E-state index is 0.356. The molecule has 6 heterocycles. The molecule has 0 bridgehead atoms. The van der Waals surface area contributed by atoms with Gasteiger partial charge in [-0.3, -0.25) is 0 Å². The van der Waals surface area contributed by atoms with Gasteiger partial charge in [-0.05, 0) is 100 Å². The van der Waals surface area contributed by atoms with Crippen LogP contribution in [0.2, 0.25) is 0 Å². The van der Waals surface area contributed by atoms with Crippen LogP contribution in [0.5, 0.6) is 0 Å². The Bertz CT molecular complexity index is 2570. The predicted molar refractivity (Wildman–Crippen MR) is 239 cm³/mol. The first kappa shape index (κ1) is 38.7. The number of fused-ring (bicyclic) bond motifs is 9. The molecule has 0 fully saturated rings. The second kappa shape index (κ2) is 13.1. The fraction of sp³-hybridized carbons (Fsp3) is 0.277. The number of aromatic nitrogens is 2. The molecule has 0 radical (unpaired) electrons. The topological polar surface area (TPSA) is 22.4 Å². The summed E-state index contributed by atoms with van der Waals surface area (Å²) in [6.07, 6.45) is 12.2. The van der Waals surface area contributed by atoms with Crippen LogP contribution >= 0.6 is 0 Å². The minimum atomic E-state index is -4.44. The van der Waals surface area contributed by atoms with Crippen LogP contribution in [0.4, 0.5) is 28.6 Å². The quantitative estimate of drug-likeness (QED) is 0.131. The zero-order chi connectivity index (χ0) is 42.1. The highest BCUT2D eigenvalue weighted by Gasteiger charge is 2.61. The van der Waals surface area contributed by atoms with Crippen LogP contribution in [-0.4, -0.2) is 71.5 Å². The van der Waals surface area contributed by atoms with E-state index in [-0.39, 0.29) is 0 Å². The molecule has 6 nitrogen and oxygen atoms in total. The summed E-state index contributed by atoms with van der Waals surface area (Å²) >= 11 is 0. The van der Waals surface area contributed by atoms with Crippen molar-refractivity contribution in [3.05, 3.63) is 140 Å². The summed E-state index contributed by atoms with van der Waals surface area (Å²) < 4.78 is 75.4. The molecule has 59 heavy (non-hydrogen) atoms. The van der Waals surface area contributed by atoms with Crippen molar-refractivity contribution in [3.8, 4) is 11.1 Å². The highest BCUT2D eigenvalue weighted by Crippen LogP contribution is 2.56. The fourth-order valence-electron chi connectivity index (χ4n) is 10.3. The van der Waals surface area contributed by atoms with Gasteiger partial charge in [-0.15, -0.1) is 0 Å². The Balaban J connectivity index is 1.16. The first-order valence-corrected chi connectivity index (χ1v) is 20.6. The number of nitrogens with zero attached hydrogens (tertiary/aromatic N) is 6. The number of hydrogen-bond acceptors (Lipinski definition) is 2. The third kappa shape index (κ3) is 5.40. The van der Waals surface area contributed by atoms with Gasteiger partial charge in [-0.2, -0.15) is 0 Å². The van der Waals surface area contributed by atoms with E-state index in [9.17, 15) is 0 Å². The maximum atomic E-state index is 17.7. The summed E-state index contributed by atoms with van der Waals surface area (Å²) in [4.78, 5) is 4.03. The Morgan fingerprint density at radius 1 is 0.593 bits per heavy atom. The Kier molecular flexibility index (Phi) is 8.61. The van der Waals surface area contributed by atoms with Crippen LogP contribution in [0, 0.1) is 0 Å². The molecule has 0 spiro atoms. The van der Waals surface area contributed by atoms with E-state index >= 15 is 17.3 Å². The van der Waals surface area contributed by atoms with Crippen molar-refractivity contribution in [1.29, 1.82) is 0 Å². The van der Waals surface area contributed by atoms with Gasteiger partial charge in [0.2, 0.25) is 0 Å². The summed E-state index contributed by atoms with van der Waals surface area (Å²) in [7, 11) is 7.90. The number of halogens is 4. The summed E-state index contributed by atoms with van der Waals surface area (Å²) in [6, 6.07) is 19.5. The van der Waals surface area contributed by atoms with Gasteiger partial charge in [-0.1, -0.05) is 38.1 Å². The number of anilines is 2. The first-order chi connectivity index (χ1) is 27.9. The summed E-state index contributed by atoms with van der Waals surface area (Å²) in [5, 5.41) is 0. The molecule has 12 heteroatoms. The third-order valence-electron chi connectivity index (χ3n) is 13.1. The molecule has 0 saturated heterocycles. The lowest BCUT2D eigenvalue weighted by Crippen LogP contribution is -2.53. The summed E-state index contributed by atoms with van der Waals surface area (Å²) in [5.41, 5.74) is 10.6. The molecule has 2 aromatic heterocycles. The molecular formula is C47H50B2F4N6. The minimum Gasteiger partial charge on any atom is -0.392 e. The summed E-state index contributed by atoms with van der Waals surface area (Å²) in [6.45, 7) is 2.56. The maximum Gasteiger partial charge on any atom is 0.737 e. The highest BCUT2D eigenvalue weighted by atomic mass is 19.3. The van der Waals surface area contributed by atoms with Crippen molar-refractivity contribution in [2.24, 2.45) is 0 Å². The molecule has 0 atom stereocenters. The van der Waals surface area contributed by atoms with Gasteiger partial charge in [0.05, 0.1) is 0 Å². The maximum absolute atomic E-state index is 17.7. The van der Waals surface area contributed by atoms with Crippen LogP contribution in [0.3, 0.4) is 0 Å². The number of benzene rings is 2.